The number of nitrogens with zero attached hydrogens (tertiary/aromatic N) is 1. The summed E-state index contributed by atoms with van der Waals surface area (Å²) in [5.74, 6) is 0.852. The Labute approximate surface area is 200 Å². The molecule has 0 saturated heterocycles. The quantitative estimate of drug-likeness (QED) is 0.293. The minimum absolute atomic E-state index is 0.0419. The van der Waals surface area contributed by atoms with Gasteiger partial charge in [-0.2, -0.15) is 0 Å². The van der Waals surface area contributed by atoms with Crippen LogP contribution in [0.3, 0.4) is 0 Å². The topological polar surface area (TPSA) is 51.2 Å². The van der Waals surface area contributed by atoms with Gasteiger partial charge in [-0.1, -0.05) is 35.8 Å². The molecule has 0 saturated carbocycles. The number of thiazole rings is 1. The highest BCUT2D eigenvalue weighted by Crippen LogP contribution is 2.33. The second kappa shape index (κ2) is 9.43. The molecule has 1 aromatic heterocycles. The van der Waals surface area contributed by atoms with Crippen LogP contribution in [0.5, 0.6) is 5.75 Å². The Hall–Kier alpha value is -2.70. The molecule has 0 aliphatic heterocycles. The average molecular weight is 509 g/mol. The van der Waals surface area contributed by atoms with Crippen LogP contribution >= 0.6 is 27.3 Å². The number of ether oxygens (including phenoxy) is 1. The minimum atomic E-state index is -0.191. The molecule has 4 aromatic rings. The molecular formula is C26H25BrN2O2S. The molecule has 1 amide bonds. The van der Waals surface area contributed by atoms with Gasteiger partial charge in [0.05, 0.1) is 10.2 Å². The van der Waals surface area contributed by atoms with Gasteiger partial charge in [-0.25, -0.2) is 4.98 Å². The van der Waals surface area contributed by atoms with Crippen molar-refractivity contribution in [1.29, 1.82) is 0 Å². The number of carbonyl (C=O) groups excluding carboxylic acids is 1. The summed E-state index contributed by atoms with van der Waals surface area (Å²) in [6.45, 7) is 8.27. The summed E-state index contributed by atoms with van der Waals surface area (Å²) in [5, 5.41) is 3.88. The van der Waals surface area contributed by atoms with Crippen molar-refractivity contribution >= 4 is 49.1 Å². The lowest BCUT2D eigenvalue weighted by atomic mass is 10.0. The van der Waals surface area contributed by atoms with E-state index in [1.165, 1.54) is 10.3 Å². The Bertz CT molecular complexity index is 1280. The number of fused-ring (bicyclic) bond motifs is 1. The zero-order valence-corrected chi connectivity index (χ0v) is 20.9. The number of anilines is 1. The van der Waals surface area contributed by atoms with E-state index in [2.05, 4.69) is 66.3 Å². The number of aryl methyl sites for hydroxylation is 2. The first-order chi connectivity index (χ1) is 15.3. The monoisotopic (exact) mass is 508 g/mol. The smallest absolute Gasteiger partial charge is 0.262 e. The molecule has 4 rings (SSSR count). The van der Waals surface area contributed by atoms with Crippen LogP contribution in [0.4, 0.5) is 5.69 Å². The first kappa shape index (κ1) is 22.5. The molecule has 0 atom stereocenters. The Balaban J connectivity index is 1.41. The third kappa shape index (κ3) is 5.03. The summed E-state index contributed by atoms with van der Waals surface area (Å²) in [5.41, 5.74) is 6.15. The SMILES string of the molecule is Cc1ccc2nc(-c3ccc(NC(=O)COc4cc(C)c(Br)cc4C(C)C)cc3)sc2c1. The third-order valence-electron chi connectivity index (χ3n) is 5.23. The van der Waals surface area contributed by atoms with E-state index in [1.54, 1.807) is 11.3 Å². The molecule has 0 bridgehead atoms. The molecule has 164 valence electrons. The molecule has 0 radical (unpaired) electrons. The second-order valence-corrected chi connectivity index (χ2v) is 10.1. The van der Waals surface area contributed by atoms with Crippen LogP contribution in [0.25, 0.3) is 20.8 Å². The van der Waals surface area contributed by atoms with Crippen LogP contribution in [0.2, 0.25) is 0 Å². The van der Waals surface area contributed by atoms with Crippen LogP contribution in [0, 0.1) is 13.8 Å². The van der Waals surface area contributed by atoms with E-state index in [0.717, 1.165) is 43.1 Å². The number of aromatic nitrogens is 1. The zero-order chi connectivity index (χ0) is 22.8. The van der Waals surface area contributed by atoms with E-state index in [0.29, 0.717) is 5.92 Å². The molecule has 4 nitrogen and oxygen atoms in total. The second-order valence-electron chi connectivity index (χ2n) is 8.20. The molecule has 0 aliphatic carbocycles. The number of hydrogen-bond acceptors (Lipinski definition) is 4. The van der Waals surface area contributed by atoms with Gasteiger partial charge in [0.1, 0.15) is 10.8 Å². The largest absolute Gasteiger partial charge is 0.483 e. The minimum Gasteiger partial charge on any atom is -0.483 e. The summed E-state index contributed by atoms with van der Waals surface area (Å²) in [4.78, 5) is 17.2. The van der Waals surface area contributed by atoms with Crippen molar-refractivity contribution < 1.29 is 9.53 Å². The lowest BCUT2D eigenvalue weighted by molar-refractivity contribution is -0.118. The van der Waals surface area contributed by atoms with Gasteiger partial charge < -0.3 is 10.1 Å². The number of benzene rings is 3. The molecule has 0 fully saturated rings. The Morgan fingerprint density at radius 2 is 1.84 bits per heavy atom. The number of nitrogens with one attached hydrogen (secondary N) is 1. The highest BCUT2D eigenvalue weighted by molar-refractivity contribution is 9.10. The third-order valence-corrected chi connectivity index (χ3v) is 7.15. The maximum atomic E-state index is 12.5. The number of rotatable bonds is 6. The van der Waals surface area contributed by atoms with Crippen molar-refractivity contribution in [3.8, 4) is 16.3 Å². The van der Waals surface area contributed by atoms with E-state index < -0.39 is 0 Å². The molecular weight excluding hydrogens is 484 g/mol. The van der Waals surface area contributed by atoms with Crippen LogP contribution in [-0.4, -0.2) is 17.5 Å². The zero-order valence-electron chi connectivity index (χ0n) is 18.5. The maximum absolute atomic E-state index is 12.5. The molecule has 0 unspecified atom stereocenters. The van der Waals surface area contributed by atoms with Gasteiger partial charge in [0, 0.05) is 15.7 Å². The molecule has 0 spiro atoms. The highest BCUT2D eigenvalue weighted by Gasteiger charge is 2.13. The van der Waals surface area contributed by atoms with Crippen LogP contribution in [0.1, 0.15) is 36.5 Å². The fourth-order valence-corrected chi connectivity index (χ4v) is 4.87. The van der Waals surface area contributed by atoms with Gasteiger partial charge in [0.2, 0.25) is 0 Å². The molecule has 1 N–H and O–H groups in total. The Morgan fingerprint density at radius 3 is 2.56 bits per heavy atom. The maximum Gasteiger partial charge on any atom is 0.262 e. The number of halogens is 1. The van der Waals surface area contributed by atoms with E-state index in [1.807, 2.05) is 37.3 Å². The normalized spacial score (nSPS) is 11.2. The van der Waals surface area contributed by atoms with Gasteiger partial charge in [0.25, 0.3) is 5.91 Å². The molecule has 1 heterocycles. The van der Waals surface area contributed by atoms with Crippen molar-refractivity contribution in [2.24, 2.45) is 0 Å². The van der Waals surface area contributed by atoms with Gasteiger partial charge >= 0.3 is 0 Å². The fraction of sp³-hybridized carbons (Fsp3) is 0.231. The Kier molecular flexibility index (Phi) is 6.63. The summed E-state index contributed by atoms with van der Waals surface area (Å²) in [7, 11) is 0. The standard InChI is InChI=1S/C26H25BrN2O2S/c1-15(2)20-13-21(27)17(4)12-23(20)31-14-25(30)28-19-8-6-18(7-9-19)26-29-22-10-5-16(3)11-24(22)32-26/h5-13,15H,14H2,1-4H3,(H,28,30). The predicted molar refractivity (Wildman–Crippen MR) is 137 cm³/mol. The Morgan fingerprint density at radius 1 is 1.09 bits per heavy atom. The first-order valence-corrected chi connectivity index (χ1v) is 12.1. The van der Waals surface area contributed by atoms with Gasteiger partial charge in [0.15, 0.2) is 6.61 Å². The van der Waals surface area contributed by atoms with Crippen LogP contribution < -0.4 is 10.1 Å². The molecule has 3 aromatic carbocycles. The summed E-state index contributed by atoms with van der Waals surface area (Å²) in [6, 6.07) is 18.1. The summed E-state index contributed by atoms with van der Waals surface area (Å²) >= 11 is 5.24. The van der Waals surface area contributed by atoms with Crippen LogP contribution in [-0.2, 0) is 4.79 Å². The summed E-state index contributed by atoms with van der Waals surface area (Å²) in [6.07, 6.45) is 0. The number of amides is 1. The lowest BCUT2D eigenvalue weighted by Crippen LogP contribution is -2.20. The van der Waals surface area contributed by atoms with Crippen molar-refractivity contribution in [3.63, 3.8) is 0 Å². The van der Waals surface area contributed by atoms with Gasteiger partial charge in [-0.3, -0.25) is 4.79 Å². The predicted octanol–water partition coefficient (Wildman–Crippen LogP) is 7.48. The van der Waals surface area contributed by atoms with Crippen molar-refractivity contribution in [2.45, 2.75) is 33.6 Å². The fourth-order valence-electron chi connectivity index (χ4n) is 3.44. The van der Waals surface area contributed by atoms with Crippen LogP contribution in [0.15, 0.2) is 59.1 Å². The molecule has 6 heteroatoms. The first-order valence-electron chi connectivity index (χ1n) is 10.5. The molecule has 32 heavy (non-hydrogen) atoms. The van der Waals surface area contributed by atoms with Crippen molar-refractivity contribution in [3.05, 3.63) is 75.8 Å². The van der Waals surface area contributed by atoms with Crippen molar-refractivity contribution in [2.75, 3.05) is 11.9 Å². The molecule has 0 aliphatic rings. The van der Waals surface area contributed by atoms with Crippen molar-refractivity contribution in [1.82, 2.24) is 4.98 Å². The van der Waals surface area contributed by atoms with E-state index in [4.69, 9.17) is 9.72 Å². The van der Waals surface area contributed by atoms with E-state index in [9.17, 15) is 4.79 Å². The van der Waals surface area contributed by atoms with Gasteiger partial charge in [-0.05, 0) is 85.0 Å². The number of carbonyl (C=O) groups is 1. The lowest BCUT2D eigenvalue weighted by Gasteiger charge is -2.16. The number of hydrogen-bond donors (Lipinski definition) is 1. The van der Waals surface area contributed by atoms with E-state index in [-0.39, 0.29) is 12.5 Å². The van der Waals surface area contributed by atoms with E-state index >= 15 is 0 Å². The average Bonchev–Trinajstić information content (AvgIpc) is 3.17. The summed E-state index contributed by atoms with van der Waals surface area (Å²) < 4.78 is 8.09. The van der Waals surface area contributed by atoms with Gasteiger partial charge in [-0.15, -0.1) is 11.3 Å². The highest BCUT2D eigenvalue weighted by atomic mass is 79.9.